The largest absolute Gasteiger partial charge is 0.386 e. The van der Waals surface area contributed by atoms with Crippen LogP contribution in [0, 0.1) is 0 Å². The maximum Gasteiger partial charge on any atom is 0.145 e. The second kappa shape index (κ2) is 9.76. The van der Waals surface area contributed by atoms with Gasteiger partial charge in [-0.15, -0.1) is 0 Å². The smallest absolute Gasteiger partial charge is 0.145 e. The minimum atomic E-state index is -0.948. The number of hydrogen-bond donors (Lipinski definition) is 1. The number of carbonyl (C=O) groups is 1. The number of ether oxygens (including phenoxy) is 1. The molecule has 2 aromatic carbocycles. The van der Waals surface area contributed by atoms with Crippen LogP contribution >= 0.6 is 23.2 Å². The molecule has 0 aromatic heterocycles. The molecule has 2 fully saturated rings. The second-order valence-electron chi connectivity index (χ2n) is 8.05. The number of hydrogen-bond acceptors (Lipinski definition) is 6. The van der Waals surface area contributed by atoms with E-state index >= 15 is 0 Å². The second-order valence-corrected chi connectivity index (χ2v) is 8.86. The van der Waals surface area contributed by atoms with Crippen LogP contribution in [-0.2, 0) is 9.53 Å². The van der Waals surface area contributed by atoms with Crippen LogP contribution in [0.3, 0.4) is 0 Å². The first-order chi connectivity index (χ1) is 15.0. The topological polar surface area (TPSA) is 56.2 Å². The quantitative estimate of drug-likeness (QED) is 0.686. The predicted molar refractivity (Wildman–Crippen MR) is 125 cm³/mol. The number of anilines is 2. The van der Waals surface area contributed by atoms with Gasteiger partial charge in [0.1, 0.15) is 24.5 Å². The number of aliphatic hydroxyl groups is 1. The fraction of sp³-hybridized carbons (Fsp3) is 0.435. The van der Waals surface area contributed by atoms with E-state index in [1.165, 1.54) is 0 Å². The molecule has 31 heavy (non-hydrogen) atoms. The Labute approximate surface area is 192 Å². The third kappa shape index (κ3) is 4.69. The van der Waals surface area contributed by atoms with Crippen LogP contribution in [0.5, 0.6) is 0 Å². The highest BCUT2D eigenvalue weighted by Crippen LogP contribution is 2.35. The minimum absolute atomic E-state index is 0.392. The zero-order valence-corrected chi connectivity index (χ0v) is 19.0. The van der Waals surface area contributed by atoms with Crippen LogP contribution in [0.2, 0.25) is 10.0 Å². The molecule has 2 heterocycles. The summed E-state index contributed by atoms with van der Waals surface area (Å²) in [4.78, 5) is 18.7. The van der Waals surface area contributed by atoms with Gasteiger partial charge in [0.05, 0.1) is 16.7 Å². The Balaban J connectivity index is 1.61. The predicted octanol–water partition coefficient (Wildman–Crippen LogP) is 3.25. The highest BCUT2D eigenvalue weighted by molar-refractivity contribution is 6.42. The lowest BCUT2D eigenvalue weighted by atomic mass is 9.94. The molecule has 166 valence electrons. The van der Waals surface area contributed by atoms with E-state index in [1.54, 1.807) is 12.1 Å². The Bertz CT molecular complexity index is 921. The highest BCUT2D eigenvalue weighted by atomic mass is 35.5. The Morgan fingerprint density at radius 1 is 1.06 bits per heavy atom. The van der Waals surface area contributed by atoms with E-state index < -0.39 is 18.2 Å². The summed E-state index contributed by atoms with van der Waals surface area (Å²) < 4.78 is 5.95. The lowest BCUT2D eigenvalue weighted by Gasteiger charge is -2.42. The molecule has 6 nitrogen and oxygen atoms in total. The third-order valence-corrected chi connectivity index (χ3v) is 6.86. The number of benzene rings is 2. The Kier molecular flexibility index (Phi) is 7.04. The number of carbonyl (C=O) groups excluding carboxylic acids is 1. The zero-order chi connectivity index (χ0) is 22.0. The van der Waals surface area contributed by atoms with Crippen LogP contribution in [0.15, 0.2) is 42.5 Å². The fourth-order valence-corrected chi connectivity index (χ4v) is 4.65. The van der Waals surface area contributed by atoms with Gasteiger partial charge in [0, 0.05) is 49.7 Å². The van der Waals surface area contributed by atoms with Crippen molar-refractivity contribution in [3.05, 3.63) is 58.1 Å². The molecular formula is C23H27Cl2N3O3. The van der Waals surface area contributed by atoms with E-state index in [4.69, 9.17) is 27.9 Å². The first-order valence-electron chi connectivity index (χ1n) is 10.5. The molecule has 2 saturated heterocycles. The molecule has 0 amide bonds. The molecule has 2 aliphatic heterocycles. The summed E-state index contributed by atoms with van der Waals surface area (Å²) in [5.74, 6) is 0. The number of rotatable bonds is 5. The summed E-state index contributed by atoms with van der Waals surface area (Å²) >= 11 is 12.3. The maximum absolute atomic E-state index is 12.2. The van der Waals surface area contributed by atoms with Crippen molar-refractivity contribution in [2.75, 3.05) is 56.2 Å². The van der Waals surface area contributed by atoms with Crippen LogP contribution in [0.4, 0.5) is 11.4 Å². The van der Waals surface area contributed by atoms with Gasteiger partial charge in [-0.05, 0) is 31.3 Å². The summed E-state index contributed by atoms with van der Waals surface area (Å²) in [6.07, 6.45) is -0.806. The fourth-order valence-electron chi connectivity index (χ4n) is 4.36. The van der Waals surface area contributed by atoms with Crippen molar-refractivity contribution in [1.82, 2.24) is 4.90 Å². The third-order valence-electron chi connectivity index (χ3n) is 6.12. The van der Waals surface area contributed by atoms with Gasteiger partial charge in [-0.25, -0.2) is 0 Å². The van der Waals surface area contributed by atoms with Gasteiger partial charge < -0.3 is 29.3 Å². The van der Waals surface area contributed by atoms with Gasteiger partial charge in [-0.3, -0.25) is 0 Å². The molecule has 0 spiro atoms. The number of aliphatic hydroxyl groups excluding tert-OH is 1. The monoisotopic (exact) mass is 463 g/mol. The molecule has 8 heteroatoms. The maximum atomic E-state index is 12.2. The van der Waals surface area contributed by atoms with Crippen LogP contribution in [0.25, 0.3) is 0 Å². The Morgan fingerprint density at radius 2 is 1.81 bits per heavy atom. The first-order valence-corrected chi connectivity index (χ1v) is 11.2. The standard InChI is InChI=1S/C23H27Cl2N3O3/c1-26-8-10-27(11-9-26)20-5-3-2-4-17(20)22(30)23-21(15-29)28(12-13-31-23)16-6-7-18(24)19(25)14-16/h2-7,14-15,21-23,30H,8-13H2,1H3. The van der Waals surface area contributed by atoms with Crippen molar-refractivity contribution < 1.29 is 14.6 Å². The van der Waals surface area contributed by atoms with E-state index in [0.717, 1.165) is 49.4 Å². The van der Waals surface area contributed by atoms with E-state index in [1.807, 2.05) is 35.2 Å². The SMILES string of the molecule is CN1CCN(c2ccccc2C(O)C2OCCN(c3ccc(Cl)c(Cl)c3)C2C=O)CC1. The number of aldehydes is 1. The lowest BCUT2D eigenvalue weighted by Crippen LogP contribution is -2.54. The summed E-state index contributed by atoms with van der Waals surface area (Å²) in [5.41, 5.74) is 2.54. The average molecular weight is 464 g/mol. The Hall–Kier alpha value is -1.83. The van der Waals surface area contributed by atoms with E-state index in [9.17, 15) is 9.90 Å². The number of likely N-dealkylation sites (N-methyl/N-ethyl adjacent to an activating group) is 1. The molecule has 3 unspecified atom stereocenters. The summed E-state index contributed by atoms with van der Waals surface area (Å²) in [6.45, 7) is 4.61. The molecule has 0 aliphatic carbocycles. The molecule has 0 radical (unpaired) electrons. The molecule has 0 bridgehead atoms. The van der Waals surface area contributed by atoms with Crippen molar-refractivity contribution in [1.29, 1.82) is 0 Å². The van der Waals surface area contributed by atoms with Crippen LogP contribution in [-0.4, -0.2) is 74.8 Å². The van der Waals surface area contributed by atoms with Gasteiger partial charge in [-0.2, -0.15) is 0 Å². The Morgan fingerprint density at radius 3 is 2.52 bits per heavy atom. The van der Waals surface area contributed by atoms with Gasteiger partial charge in [-0.1, -0.05) is 41.4 Å². The van der Waals surface area contributed by atoms with Crippen molar-refractivity contribution in [3.8, 4) is 0 Å². The van der Waals surface area contributed by atoms with Gasteiger partial charge in [0.2, 0.25) is 0 Å². The molecule has 2 aliphatic rings. The normalized spacial score (nSPS) is 23.6. The van der Waals surface area contributed by atoms with Gasteiger partial charge in [0.25, 0.3) is 0 Å². The summed E-state index contributed by atoms with van der Waals surface area (Å²) in [7, 11) is 2.11. The average Bonchev–Trinajstić information content (AvgIpc) is 2.80. The molecule has 1 N–H and O–H groups in total. The van der Waals surface area contributed by atoms with Crippen LogP contribution < -0.4 is 9.80 Å². The van der Waals surface area contributed by atoms with Crippen molar-refractivity contribution in [3.63, 3.8) is 0 Å². The number of nitrogens with zero attached hydrogens (tertiary/aromatic N) is 3. The van der Waals surface area contributed by atoms with E-state index in [2.05, 4.69) is 16.8 Å². The van der Waals surface area contributed by atoms with Crippen LogP contribution in [0.1, 0.15) is 11.7 Å². The molecule has 4 rings (SSSR count). The van der Waals surface area contributed by atoms with Crippen molar-refractivity contribution >= 4 is 40.9 Å². The van der Waals surface area contributed by atoms with E-state index in [0.29, 0.717) is 23.2 Å². The molecule has 2 aromatic rings. The van der Waals surface area contributed by atoms with Gasteiger partial charge in [0.15, 0.2) is 0 Å². The number of piperazine rings is 1. The zero-order valence-electron chi connectivity index (χ0n) is 17.5. The number of morpholine rings is 1. The van der Waals surface area contributed by atoms with Gasteiger partial charge >= 0.3 is 0 Å². The highest BCUT2D eigenvalue weighted by Gasteiger charge is 2.39. The molecule has 0 saturated carbocycles. The van der Waals surface area contributed by atoms with E-state index in [-0.39, 0.29) is 0 Å². The summed E-state index contributed by atoms with van der Waals surface area (Å²) in [5, 5.41) is 12.3. The van der Waals surface area contributed by atoms with Crippen molar-refractivity contribution in [2.24, 2.45) is 0 Å². The number of para-hydroxylation sites is 1. The molecular weight excluding hydrogens is 437 g/mol. The number of halogens is 2. The minimum Gasteiger partial charge on any atom is -0.386 e. The lowest BCUT2D eigenvalue weighted by molar-refractivity contribution is -0.120. The summed E-state index contributed by atoms with van der Waals surface area (Å²) in [6, 6.07) is 12.5. The molecule has 3 atom stereocenters. The first kappa shape index (κ1) is 22.4. The van der Waals surface area contributed by atoms with Crippen molar-refractivity contribution in [2.45, 2.75) is 18.2 Å².